The summed E-state index contributed by atoms with van der Waals surface area (Å²) in [7, 11) is 2.01. The molecule has 0 amide bonds. The molecule has 0 aliphatic carbocycles. The lowest BCUT2D eigenvalue weighted by Crippen LogP contribution is -2.47. The number of halogens is 1. The van der Waals surface area contributed by atoms with Crippen LogP contribution < -0.4 is 10.2 Å². The summed E-state index contributed by atoms with van der Waals surface area (Å²) < 4.78 is 0. The Hall–Kier alpha value is -0.870. The molecule has 0 spiro atoms. The van der Waals surface area contributed by atoms with Gasteiger partial charge >= 0.3 is 0 Å². The van der Waals surface area contributed by atoms with Gasteiger partial charge in [0, 0.05) is 32.6 Å². The van der Waals surface area contributed by atoms with Crippen molar-refractivity contribution >= 4 is 17.4 Å². The van der Waals surface area contributed by atoms with Crippen molar-refractivity contribution in [1.82, 2.24) is 15.3 Å². The predicted octanol–water partition coefficient (Wildman–Crippen LogP) is 0.786. The lowest BCUT2D eigenvalue weighted by Gasteiger charge is -2.31. The first-order chi connectivity index (χ1) is 6.75. The second kappa shape index (κ2) is 4.11. The molecule has 4 nitrogen and oxygen atoms in total. The third kappa shape index (κ3) is 2.13. The average molecular weight is 213 g/mol. The van der Waals surface area contributed by atoms with Gasteiger partial charge < -0.3 is 10.2 Å². The van der Waals surface area contributed by atoms with Gasteiger partial charge in [0.1, 0.15) is 11.0 Å². The molecule has 0 bridgehead atoms. The maximum atomic E-state index is 5.76. The van der Waals surface area contributed by atoms with E-state index in [0.29, 0.717) is 5.15 Å². The lowest BCUT2D eigenvalue weighted by atomic mass is 10.0. The third-order valence-corrected chi connectivity index (χ3v) is 2.56. The Morgan fingerprint density at radius 3 is 2.93 bits per heavy atom. The molecule has 1 aliphatic rings. The molecule has 2 rings (SSSR count). The zero-order valence-corrected chi connectivity index (χ0v) is 8.83. The number of hydrogen-bond donors (Lipinski definition) is 1. The van der Waals surface area contributed by atoms with Crippen LogP contribution in [0.1, 0.15) is 0 Å². The number of nitrogens with zero attached hydrogens (tertiary/aromatic N) is 3. The summed E-state index contributed by atoms with van der Waals surface area (Å²) in [5, 5.41) is 3.69. The van der Waals surface area contributed by atoms with Crippen molar-refractivity contribution in [2.45, 2.75) is 0 Å². The molecular weight excluding hydrogens is 200 g/mol. The number of hydrogen-bond acceptors (Lipinski definition) is 4. The fraction of sp³-hybridized carbons (Fsp3) is 0.556. The predicted molar refractivity (Wildman–Crippen MR) is 56.7 cm³/mol. The first-order valence-corrected chi connectivity index (χ1v) is 5.03. The minimum Gasteiger partial charge on any atom is -0.358 e. The van der Waals surface area contributed by atoms with Gasteiger partial charge in [-0.25, -0.2) is 4.98 Å². The molecule has 1 saturated heterocycles. The zero-order valence-electron chi connectivity index (χ0n) is 8.07. The van der Waals surface area contributed by atoms with E-state index in [9.17, 15) is 0 Å². The van der Waals surface area contributed by atoms with Gasteiger partial charge in [0.15, 0.2) is 0 Å². The van der Waals surface area contributed by atoms with Crippen molar-refractivity contribution < 1.29 is 0 Å². The highest BCUT2D eigenvalue weighted by Gasteiger charge is 2.19. The first kappa shape index (κ1) is 9.68. The average Bonchev–Trinajstić information content (AvgIpc) is 2.11. The van der Waals surface area contributed by atoms with Crippen LogP contribution in [-0.4, -0.2) is 36.6 Å². The largest absolute Gasteiger partial charge is 0.358 e. The van der Waals surface area contributed by atoms with Crippen LogP contribution in [0.5, 0.6) is 0 Å². The summed E-state index contributed by atoms with van der Waals surface area (Å²) in [4.78, 5) is 10.3. The Labute approximate surface area is 88.3 Å². The minimum absolute atomic E-state index is 0.445. The van der Waals surface area contributed by atoms with Gasteiger partial charge in [-0.1, -0.05) is 11.6 Å². The smallest absolute Gasteiger partial charge is 0.149 e. The fourth-order valence-electron chi connectivity index (χ4n) is 1.47. The van der Waals surface area contributed by atoms with Crippen molar-refractivity contribution in [3.8, 4) is 0 Å². The van der Waals surface area contributed by atoms with Gasteiger partial charge in [-0.2, -0.15) is 0 Å². The molecule has 14 heavy (non-hydrogen) atoms. The third-order valence-electron chi connectivity index (χ3n) is 2.38. The summed E-state index contributed by atoms with van der Waals surface area (Å²) in [6.07, 6.45) is 3.28. The molecule has 76 valence electrons. The SMILES string of the molecule is CN(CC1CNC1)c1cncc(Cl)n1. The maximum Gasteiger partial charge on any atom is 0.149 e. The first-order valence-electron chi connectivity index (χ1n) is 4.65. The van der Waals surface area contributed by atoms with Crippen molar-refractivity contribution in [2.75, 3.05) is 31.6 Å². The van der Waals surface area contributed by atoms with Crippen LogP contribution in [0.15, 0.2) is 12.4 Å². The molecule has 1 N–H and O–H groups in total. The van der Waals surface area contributed by atoms with Gasteiger partial charge in [-0.05, 0) is 0 Å². The molecule has 0 saturated carbocycles. The Kier molecular flexibility index (Phi) is 2.84. The second-order valence-electron chi connectivity index (χ2n) is 3.60. The monoisotopic (exact) mass is 212 g/mol. The van der Waals surface area contributed by atoms with E-state index in [0.717, 1.165) is 31.4 Å². The number of rotatable bonds is 3. The summed E-state index contributed by atoms with van der Waals surface area (Å²) in [5.41, 5.74) is 0. The van der Waals surface area contributed by atoms with Crippen LogP contribution in [0.25, 0.3) is 0 Å². The minimum atomic E-state index is 0.445. The van der Waals surface area contributed by atoms with Crippen molar-refractivity contribution in [1.29, 1.82) is 0 Å². The highest BCUT2D eigenvalue weighted by molar-refractivity contribution is 6.29. The molecule has 0 aromatic carbocycles. The zero-order chi connectivity index (χ0) is 9.97. The molecule has 2 heterocycles. The van der Waals surface area contributed by atoms with E-state index in [1.54, 1.807) is 12.4 Å². The number of nitrogens with one attached hydrogen (secondary N) is 1. The van der Waals surface area contributed by atoms with Crippen LogP contribution in [-0.2, 0) is 0 Å². The fourth-order valence-corrected chi connectivity index (χ4v) is 1.62. The number of aromatic nitrogens is 2. The molecule has 1 aromatic heterocycles. The highest BCUT2D eigenvalue weighted by Crippen LogP contribution is 2.13. The summed E-state index contributed by atoms with van der Waals surface area (Å²) in [6, 6.07) is 0. The Morgan fingerprint density at radius 2 is 2.36 bits per heavy atom. The van der Waals surface area contributed by atoms with Crippen molar-refractivity contribution in [3.05, 3.63) is 17.5 Å². The van der Waals surface area contributed by atoms with Crippen LogP contribution in [0, 0.1) is 5.92 Å². The topological polar surface area (TPSA) is 41.0 Å². The molecule has 1 aliphatic heterocycles. The molecule has 0 radical (unpaired) electrons. The van der Waals surface area contributed by atoms with E-state index >= 15 is 0 Å². The van der Waals surface area contributed by atoms with Crippen LogP contribution >= 0.6 is 11.6 Å². The molecule has 1 fully saturated rings. The molecular formula is C9H13ClN4. The molecule has 5 heteroatoms. The van der Waals surface area contributed by atoms with E-state index in [4.69, 9.17) is 11.6 Å². The van der Waals surface area contributed by atoms with Gasteiger partial charge in [-0.15, -0.1) is 0 Å². The second-order valence-corrected chi connectivity index (χ2v) is 3.99. The van der Waals surface area contributed by atoms with Crippen molar-refractivity contribution in [3.63, 3.8) is 0 Å². The molecule has 0 unspecified atom stereocenters. The van der Waals surface area contributed by atoms with Crippen molar-refractivity contribution in [2.24, 2.45) is 5.92 Å². The van der Waals surface area contributed by atoms with Gasteiger partial charge in [-0.3, -0.25) is 4.98 Å². The van der Waals surface area contributed by atoms with E-state index in [1.165, 1.54) is 0 Å². The summed E-state index contributed by atoms with van der Waals surface area (Å²) in [6.45, 7) is 3.19. The maximum absolute atomic E-state index is 5.76. The Bertz CT molecular complexity index is 313. The normalized spacial score (nSPS) is 16.4. The molecule has 1 aromatic rings. The lowest BCUT2D eigenvalue weighted by molar-refractivity contribution is 0.352. The van der Waals surface area contributed by atoms with Crippen LogP contribution in [0.2, 0.25) is 5.15 Å². The van der Waals surface area contributed by atoms with Crippen LogP contribution in [0.3, 0.4) is 0 Å². The van der Waals surface area contributed by atoms with Gasteiger partial charge in [0.2, 0.25) is 0 Å². The van der Waals surface area contributed by atoms with Gasteiger partial charge in [0.05, 0.1) is 12.4 Å². The van der Waals surface area contributed by atoms with Gasteiger partial charge in [0.25, 0.3) is 0 Å². The molecule has 0 atom stereocenters. The standard InChI is InChI=1S/C9H13ClN4/c1-14(6-7-2-11-3-7)9-5-12-4-8(10)13-9/h4-5,7,11H,2-3,6H2,1H3. The van der Waals surface area contributed by atoms with E-state index in [2.05, 4.69) is 20.2 Å². The number of anilines is 1. The summed E-state index contributed by atoms with van der Waals surface area (Å²) in [5.74, 6) is 1.56. The summed E-state index contributed by atoms with van der Waals surface area (Å²) >= 11 is 5.76. The van der Waals surface area contributed by atoms with E-state index < -0.39 is 0 Å². The Balaban J connectivity index is 1.98. The van der Waals surface area contributed by atoms with E-state index in [1.807, 2.05) is 7.05 Å². The quantitative estimate of drug-likeness (QED) is 0.805. The van der Waals surface area contributed by atoms with Crippen LogP contribution in [0.4, 0.5) is 5.82 Å². The Morgan fingerprint density at radius 1 is 1.57 bits per heavy atom. The van der Waals surface area contributed by atoms with E-state index in [-0.39, 0.29) is 0 Å². The highest BCUT2D eigenvalue weighted by atomic mass is 35.5.